The van der Waals surface area contributed by atoms with Crippen molar-refractivity contribution >= 4 is 12.1 Å². The molecule has 7 heteroatoms. The van der Waals surface area contributed by atoms with E-state index in [1.165, 1.54) is 0 Å². The van der Waals surface area contributed by atoms with E-state index in [0.717, 1.165) is 6.54 Å². The molecule has 0 bridgehead atoms. The van der Waals surface area contributed by atoms with Gasteiger partial charge in [0.25, 0.3) is 0 Å². The van der Waals surface area contributed by atoms with Crippen molar-refractivity contribution in [1.29, 1.82) is 0 Å². The van der Waals surface area contributed by atoms with E-state index in [0.29, 0.717) is 19.6 Å². The SMILES string of the molecule is CN(C)CCN(CC(=O)O)CC1CNC(=O)O1. The molecule has 0 aromatic rings. The van der Waals surface area contributed by atoms with Crippen LogP contribution in [-0.4, -0.2) is 79.9 Å². The van der Waals surface area contributed by atoms with E-state index < -0.39 is 12.1 Å². The van der Waals surface area contributed by atoms with Crippen LogP contribution in [-0.2, 0) is 9.53 Å². The Morgan fingerprint density at radius 1 is 1.53 bits per heavy atom. The summed E-state index contributed by atoms with van der Waals surface area (Å²) < 4.78 is 4.98. The molecule has 2 N–H and O–H groups in total. The Morgan fingerprint density at radius 2 is 2.24 bits per heavy atom. The molecule has 1 atom stereocenters. The average molecular weight is 245 g/mol. The summed E-state index contributed by atoms with van der Waals surface area (Å²) in [5.41, 5.74) is 0. The molecular weight excluding hydrogens is 226 g/mol. The van der Waals surface area contributed by atoms with E-state index in [4.69, 9.17) is 9.84 Å². The summed E-state index contributed by atoms with van der Waals surface area (Å²) >= 11 is 0. The molecule has 1 aliphatic rings. The van der Waals surface area contributed by atoms with Gasteiger partial charge in [0, 0.05) is 19.6 Å². The van der Waals surface area contributed by atoms with E-state index in [1.807, 2.05) is 19.0 Å². The quantitative estimate of drug-likeness (QED) is 0.601. The molecule has 98 valence electrons. The third kappa shape index (κ3) is 5.50. The lowest BCUT2D eigenvalue weighted by Crippen LogP contribution is -2.41. The first-order chi connectivity index (χ1) is 7.97. The van der Waals surface area contributed by atoms with Gasteiger partial charge in [0.15, 0.2) is 0 Å². The number of hydrogen-bond acceptors (Lipinski definition) is 5. The predicted octanol–water partition coefficient (Wildman–Crippen LogP) is -0.957. The molecule has 0 spiro atoms. The Kier molecular flexibility index (Phi) is 5.17. The summed E-state index contributed by atoms with van der Waals surface area (Å²) in [6.07, 6.45) is -0.693. The summed E-state index contributed by atoms with van der Waals surface area (Å²) in [5, 5.41) is 11.3. The molecule has 17 heavy (non-hydrogen) atoms. The largest absolute Gasteiger partial charge is 0.480 e. The van der Waals surface area contributed by atoms with Gasteiger partial charge in [0.2, 0.25) is 0 Å². The van der Waals surface area contributed by atoms with E-state index in [2.05, 4.69) is 5.32 Å². The number of nitrogens with one attached hydrogen (secondary N) is 1. The first-order valence-corrected chi connectivity index (χ1v) is 5.50. The van der Waals surface area contributed by atoms with Crippen LogP contribution in [0.15, 0.2) is 0 Å². The molecule has 1 amide bonds. The van der Waals surface area contributed by atoms with Crippen LogP contribution in [0.3, 0.4) is 0 Å². The van der Waals surface area contributed by atoms with E-state index in [-0.39, 0.29) is 12.6 Å². The Hall–Kier alpha value is -1.34. The number of carbonyl (C=O) groups excluding carboxylic acids is 1. The van der Waals surface area contributed by atoms with Crippen LogP contribution in [0.2, 0.25) is 0 Å². The van der Waals surface area contributed by atoms with Crippen molar-refractivity contribution < 1.29 is 19.4 Å². The monoisotopic (exact) mass is 245 g/mol. The smallest absolute Gasteiger partial charge is 0.407 e. The van der Waals surface area contributed by atoms with Crippen molar-refractivity contribution in [3.63, 3.8) is 0 Å². The Bertz CT molecular complexity index is 283. The molecule has 0 saturated carbocycles. The van der Waals surface area contributed by atoms with Crippen LogP contribution in [0.25, 0.3) is 0 Å². The van der Waals surface area contributed by atoms with Crippen molar-refractivity contribution in [3.8, 4) is 0 Å². The Balaban J connectivity index is 2.39. The van der Waals surface area contributed by atoms with Gasteiger partial charge in [0.05, 0.1) is 13.1 Å². The third-order valence-electron chi connectivity index (χ3n) is 2.43. The van der Waals surface area contributed by atoms with Gasteiger partial charge in [-0.15, -0.1) is 0 Å². The highest BCUT2D eigenvalue weighted by atomic mass is 16.6. The normalized spacial score (nSPS) is 19.5. The molecule has 1 heterocycles. The minimum absolute atomic E-state index is 0.0398. The highest BCUT2D eigenvalue weighted by Crippen LogP contribution is 2.03. The molecule has 7 nitrogen and oxygen atoms in total. The molecule has 0 aliphatic carbocycles. The minimum atomic E-state index is -0.874. The number of carboxylic acids is 1. The second kappa shape index (κ2) is 6.41. The number of alkyl carbamates (subject to hydrolysis) is 1. The fraction of sp³-hybridized carbons (Fsp3) is 0.800. The minimum Gasteiger partial charge on any atom is -0.480 e. The fourth-order valence-electron chi connectivity index (χ4n) is 1.59. The van der Waals surface area contributed by atoms with Crippen molar-refractivity contribution in [2.75, 3.05) is 46.8 Å². The zero-order valence-corrected chi connectivity index (χ0v) is 10.2. The molecular formula is C10H19N3O4. The summed E-state index contributed by atoms with van der Waals surface area (Å²) in [6.45, 7) is 2.24. The van der Waals surface area contributed by atoms with Gasteiger partial charge in [-0.3, -0.25) is 9.69 Å². The number of carboxylic acid groups (broad SMARTS) is 1. The highest BCUT2D eigenvalue weighted by molar-refractivity contribution is 5.70. The predicted molar refractivity (Wildman–Crippen MR) is 60.9 cm³/mol. The molecule has 1 saturated heterocycles. The molecule has 1 unspecified atom stereocenters. The summed E-state index contributed by atoms with van der Waals surface area (Å²) in [4.78, 5) is 25.3. The van der Waals surface area contributed by atoms with E-state index in [9.17, 15) is 9.59 Å². The maximum absolute atomic E-state index is 10.8. The van der Waals surface area contributed by atoms with Gasteiger partial charge in [0.1, 0.15) is 6.10 Å². The number of carbonyl (C=O) groups is 2. The molecule has 0 aromatic heterocycles. The van der Waals surface area contributed by atoms with Crippen LogP contribution in [0, 0.1) is 0 Å². The summed E-state index contributed by atoms with van der Waals surface area (Å²) in [6, 6.07) is 0. The maximum atomic E-state index is 10.8. The standard InChI is InChI=1S/C10H19N3O4/c1-12(2)3-4-13(7-9(14)15)6-8-5-11-10(16)17-8/h8H,3-7H2,1-2H3,(H,11,16)(H,14,15). The van der Waals surface area contributed by atoms with Crippen molar-refractivity contribution in [1.82, 2.24) is 15.1 Å². The number of cyclic esters (lactones) is 1. The number of hydrogen-bond donors (Lipinski definition) is 2. The van der Waals surface area contributed by atoms with E-state index >= 15 is 0 Å². The summed E-state index contributed by atoms with van der Waals surface area (Å²) in [7, 11) is 3.85. The lowest BCUT2D eigenvalue weighted by Gasteiger charge is -2.24. The van der Waals surface area contributed by atoms with Gasteiger partial charge in [-0.2, -0.15) is 0 Å². The molecule has 1 aliphatic heterocycles. The molecule has 0 radical (unpaired) electrons. The number of likely N-dealkylation sites (N-methyl/N-ethyl adjacent to an activating group) is 1. The lowest BCUT2D eigenvalue weighted by atomic mass is 10.3. The number of amides is 1. The van der Waals surface area contributed by atoms with Crippen LogP contribution < -0.4 is 5.32 Å². The van der Waals surface area contributed by atoms with Gasteiger partial charge >= 0.3 is 12.1 Å². The zero-order chi connectivity index (χ0) is 12.8. The molecule has 1 rings (SSSR count). The van der Waals surface area contributed by atoms with E-state index in [1.54, 1.807) is 4.90 Å². The van der Waals surface area contributed by atoms with Gasteiger partial charge in [-0.1, -0.05) is 0 Å². The second-order valence-corrected chi connectivity index (χ2v) is 4.34. The summed E-state index contributed by atoms with van der Waals surface area (Å²) in [5.74, 6) is -0.874. The zero-order valence-electron chi connectivity index (χ0n) is 10.2. The molecule has 0 aromatic carbocycles. The Morgan fingerprint density at radius 3 is 2.71 bits per heavy atom. The van der Waals surface area contributed by atoms with Crippen molar-refractivity contribution in [2.45, 2.75) is 6.10 Å². The van der Waals surface area contributed by atoms with Crippen molar-refractivity contribution in [2.24, 2.45) is 0 Å². The van der Waals surface area contributed by atoms with Crippen LogP contribution in [0.1, 0.15) is 0 Å². The highest BCUT2D eigenvalue weighted by Gasteiger charge is 2.25. The van der Waals surface area contributed by atoms with Gasteiger partial charge in [-0.25, -0.2) is 4.79 Å². The second-order valence-electron chi connectivity index (χ2n) is 4.34. The first kappa shape index (κ1) is 13.7. The first-order valence-electron chi connectivity index (χ1n) is 5.50. The number of ether oxygens (including phenoxy) is 1. The van der Waals surface area contributed by atoms with Crippen molar-refractivity contribution in [3.05, 3.63) is 0 Å². The lowest BCUT2D eigenvalue weighted by molar-refractivity contribution is -0.138. The fourth-order valence-corrected chi connectivity index (χ4v) is 1.59. The van der Waals surface area contributed by atoms with Crippen LogP contribution in [0.5, 0.6) is 0 Å². The topological polar surface area (TPSA) is 82.1 Å². The maximum Gasteiger partial charge on any atom is 0.407 e. The third-order valence-corrected chi connectivity index (χ3v) is 2.43. The number of rotatable bonds is 7. The van der Waals surface area contributed by atoms with Crippen LogP contribution in [0.4, 0.5) is 4.79 Å². The average Bonchev–Trinajstić information content (AvgIpc) is 2.59. The Labute approximate surface area is 100 Å². The molecule has 1 fully saturated rings. The number of aliphatic carboxylic acids is 1. The van der Waals surface area contributed by atoms with Gasteiger partial charge < -0.3 is 20.1 Å². The van der Waals surface area contributed by atoms with Gasteiger partial charge in [-0.05, 0) is 14.1 Å². The number of nitrogens with zero attached hydrogens (tertiary/aromatic N) is 2. The van der Waals surface area contributed by atoms with Crippen LogP contribution >= 0.6 is 0 Å².